The summed E-state index contributed by atoms with van der Waals surface area (Å²) in [6.07, 6.45) is 0. The van der Waals surface area contributed by atoms with Gasteiger partial charge in [-0.2, -0.15) is 17.0 Å². The highest BCUT2D eigenvalue weighted by Crippen LogP contribution is 2.30. The van der Waals surface area contributed by atoms with Crippen molar-refractivity contribution in [3.8, 4) is 0 Å². The lowest BCUT2D eigenvalue weighted by Crippen LogP contribution is -2.48. The normalized spacial score (nSPS) is 19.8. The number of carboxylic acid groups (broad SMARTS) is 1. The van der Waals surface area contributed by atoms with Gasteiger partial charge >= 0.3 is 5.97 Å². The molecular formula is C14H20N2O4S. The molecule has 1 aromatic rings. The van der Waals surface area contributed by atoms with Crippen molar-refractivity contribution in [2.24, 2.45) is 0 Å². The molecule has 21 heavy (non-hydrogen) atoms. The van der Waals surface area contributed by atoms with E-state index in [1.165, 1.54) is 15.7 Å². The van der Waals surface area contributed by atoms with Gasteiger partial charge in [0.05, 0.1) is 5.92 Å². The van der Waals surface area contributed by atoms with Gasteiger partial charge in [0.15, 0.2) is 0 Å². The number of rotatable bonds is 4. The molecule has 0 saturated heterocycles. The summed E-state index contributed by atoms with van der Waals surface area (Å²) in [6, 6.07) is 6.92. The predicted molar refractivity (Wildman–Crippen MR) is 79.0 cm³/mol. The van der Waals surface area contributed by atoms with E-state index in [1.54, 1.807) is 38.1 Å². The Balaban J connectivity index is 2.41. The quantitative estimate of drug-likeness (QED) is 0.908. The third kappa shape index (κ3) is 2.95. The molecule has 1 heterocycles. The Morgan fingerprint density at radius 3 is 2.57 bits per heavy atom. The molecule has 0 radical (unpaired) electrons. The van der Waals surface area contributed by atoms with Gasteiger partial charge in [-0.25, -0.2) is 0 Å². The van der Waals surface area contributed by atoms with E-state index in [0.29, 0.717) is 5.56 Å². The summed E-state index contributed by atoms with van der Waals surface area (Å²) in [5.41, 5.74) is 1.44. The first-order valence-corrected chi connectivity index (χ1v) is 8.18. The lowest BCUT2D eigenvalue weighted by Gasteiger charge is -2.35. The maximum atomic E-state index is 12.6. The van der Waals surface area contributed by atoms with Crippen LogP contribution in [0.1, 0.15) is 30.9 Å². The van der Waals surface area contributed by atoms with Gasteiger partial charge in [-0.15, -0.1) is 0 Å². The topological polar surface area (TPSA) is 77.9 Å². The second kappa shape index (κ2) is 5.75. The zero-order valence-electron chi connectivity index (χ0n) is 12.4. The highest BCUT2D eigenvalue weighted by Gasteiger charge is 2.37. The van der Waals surface area contributed by atoms with Crippen molar-refractivity contribution in [3.63, 3.8) is 0 Å². The van der Waals surface area contributed by atoms with E-state index in [1.807, 2.05) is 0 Å². The third-order valence-corrected chi connectivity index (χ3v) is 5.96. The molecular weight excluding hydrogens is 292 g/mol. The summed E-state index contributed by atoms with van der Waals surface area (Å²) >= 11 is 0. The SMILES string of the molecule is CC(C)N(C)S(=O)(=O)N1Cc2ccccc2C(C(=O)O)C1. The fourth-order valence-electron chi connectivity index (χ4n) is 2.41. The van der Waals surface area contributed by atoms with Crippen LogP contribution in [0.15, 0.2) is 24.3 Å². The van der Waals surface area contributed by atoms with Crippen LogP contribution in [0.25, 0.3) is 0 Å². The molecule has 1 aromatic carbocycles. The molecule has 0 saturated carbocycles. The zero-order valence-corrected chi connectivity index (χ0v) is 13.2. The Kier molecular flexibility index (Phi) is 4.36. The Morgan fingerprint density at radius 1 is 1.38 bits per heavy atom. The number of benzene rings is 1. The minimum Gasteiger partial charge on any atom is -0.481 e. The number of carbonyl (C=O) groups is 1. The molecule has 0 amide bonds. The van der Waals surface area contributed by atoms with Gasteiger partial charge < -0.3 is 5.11 Å². The van der Waals surface area contributed by atoms with Crippen molar-refractivity contribution in [1.29, 1.82) is 0 Å². The molecule has 1 unspecified atom stereocenters. The zero-order chi connectivity index (χ0) is 15.8. The van der Waals surface area contributed by atoms with E-state index < -0.39 is 22.1 Å². The number of carboxylic acids is 1. The van der Waals surface area contributed by atoms with Crippen LogP contribution in [0.3, 0.4) is 0 Å². The monoisotopic (exact) mass is 312 g/mol. The van der Waals surface area contributed by atoms with Crippen molar-refractivity contribution in [2.45, 2.75) is 32.4 Å². The first-order chi connectivity index (χ1) is 9.75. The summed E-state index contributed by atoms with van der Waals surface area (Å²) in [5.74, 6) is -1.83. The molecule has 0 spiro atoms. The van der Waals surface area contributed by atoms with E-state index in [0.717, 1.165) is 5.56 Å². The molecule has 1 aliphatic rings. The van der Waals surface area contributed by atoms with E-state index in [4.69, 9.17) is 0 Å². The lowest BCUT2D eigenvalue weighted by molar-refractivity contribution is -0.139. The van der Waals surface area contributed by atoms with Crippen LogP contribution in [0.2, 0.25) is 0 Å². The number of fused-ring (bicyclic) bond motifs is 1. The fourth-order valence-corrected chi connectivity index (χ4v) is 3.95. The van der Waals surface area contributed by atoms with Gasteiger partial charge in [-0.05, 0) is 25.0 Å². The lowest BCUT2D eigenvalue weighted by atomic mass is 9.91. The van der Waals surface area contributed by atoms with Gasteiger partial charge in [-0.3, -0.25) is 4.79 Å². The van der Waals surface area contributed by atoms with Crippen molar-refractivity contribution < 1.29 is 18.3 Å². The summed E-state index contributed by atoms with van der Waals surface area (Å²) in [5, 5.41) is 9.38. The maximum Gasteiger partial charge on any atom is 0.312 e. The van der Waals surface area contributed by atoms with Gasteiger partial charge in [0.2, 0.25) is 0 Å². The molecule has 116 valence electrons. The number of hydrogen-bond donors (Lipinski definition) is 1. The Bertz CT molecular complexity index is 642. The highest BCUT2D eigenvalue weighted by molar-refractivity contribution is 7.86. The summed E-state index contributed by atoms with van der Waals surface area (Å²) in [6.45, 7) is 3.74. The third-order valence-electron chi connectivity index (χ3n) is 3.88. The van der Waals surface area contributed by atoms with Crippen LogP contribution in [0, 0.1) is 0 Å². The largest absolute Gasteiger partial charge is 0.481 e. The minimum absolute atomic E-state index is 0.0360. The average Bonchev–Trinajstić information content (AvgIpc) is 2.44. The van der Waals surface area contributed by atoms with Crippen LogP contribution < -0.4 is 0 Å². The van der Waals surface area contributed by atoms with Gasteiger partial charge in [0.1, 0.15) is 0 Å². The van der Waals surface area contributed by atoms with Crippen molar-refractivity contribution in [3.05, 3.63) is 35.4 Å². The molecule has 1 N–H and O–H groups in total. The molecule has 6 nitrogen and oxygen atoms in total. The highest BCUT2D eigenvalue weighted by atomic mass is 32.2. The van der Waals surface area contributed by atoms with Crippen molar-refractivity contribution in [1.82, 2.24) is 8.61 Å². The molecule has 2 rings (SSSR count). The molecule has 0 aromatic heterocycles. The van der Waals surface area contributed by atoms with Gasteiger partial charge in [0, 0.05) is 26.2 Å². The molecule has 0 fully saturated rings. The predicted octanol–water partition coefficient (Wildman–Crippen LogP) is 1.26. The molecule has 7 heteroatoms. The molecule has 0 bridgehead atoms. The Morgan fingerprint density at radius 2 is 2.00 bits per heavy atom. The van der Waals surface area contributed by atoms with Crippen molar-refractivity contribution >= 4 is 16.2 Å². The van der Waals surface area contributed by atoms with Crippen LogP contribution in [-0.2, 0) is 21.5 Å². The van der Waals surface area contributed by atoms with Crippen LogP contribution >= 0.6 is 0 Å². The molecule has 1 aliphatic heterocycles. The Labute approximate surface area is 125 Å². The first kappa shape index (κ1) is 15.9. The number of nitrogens with zero attached hydrogens (tertiary/aromatic N) is 2. The van der Waals surface area contributed by atoms with Gasteiger partial charge in [0.25, 0.3) is 10.2 Å². The maximum absolute atomic E-state index is 12.6. The van der Waals surface area contributed by atoms with Crippen LogP contribution in [0.5, 0.6) is 0 Å². The Hall–Kier alpha value is -1.44. The van der Waals surface area contributed by atoms with E-state index in [2.05, 4.69) is 0 Å². The van der Waals surface area contributed by atoms with Gasteiger partial charge in [-0.1, -0.05) is 24.3 Å². The second-order valence-corrected chi connectivity index (χ2v) is 7.49. The van der Waals surface area contributed by atoms with E-state index >= 15 is 0 Å². The second-order valence-electron chi connectivity index (χ2n) is 5.50. The van der Waals surface area contributed by atoms with Crippen LogP contribution in [-0.4, -0.2) is 47.7 Å². The summed E-state index contributed by atoms with van der Waals surface area (Å²) < 4.78 is 27.6. The number of hydrogen-bond acceptors (Lipinski definition) is 3. The van der Waals surface area contributed by atoms with E-state index in [-0.39, 0.29) is 19.1 Å². The van der Waals surface area contributed by atoms with E-state index in [9.17, 15) is 18.3 Å². The summed E-state index contributed by atoms with van der Waals surface area (Å²) in [7, 11) is -2.16. The fraction of sp³-hybridized carbons (Fsp3) is 0.500. The minimum atomic E-state index is -3.67. The summed E-state index contributed by atoms with van der Waals surface area (Å²) in [4.78, 5) is 11.5. The molecule has 1 atom stereocenters. The standard InChI is InChI=1S/C14H20N2O4S/c1-10(2)15(3)21(19,20)16-8-11-6-4-5-7-12(11)13(9-16)14(17)18/h4-7,10,13H,8-9H2,1-3H3,(H,17,18). The van der Waals surface area contributed by atoms with Crippen molar-refractivity contribution in [2.75, 3.05) is 13.6 Å². The smallest absolute Gasteiger partial charge is 0.312 e. The molecule has 0 aliphatic carbocycles. The first-order valence-electron chi connectivity index (χ1n) is 6.79. The average molecular weight is 312 g/mol. The van der Waals surface area contributed by atoms with Crippen LogP contribution in [0.4, 0.5) is 0 Å². The number of aliphatic carboxylic acids is 1.